The quantitative estimate of drug-likeness (QED) is 0.122. The number of amides is 2. The molecule has 8 nitrogen and oxygen atoms in total. The van der Waals surface area contributed by atoms with E-state index >= 15 is 0 Å². The Labute approximate surface area is 293 Å². The zero-order valence-electron chi connectivity index (χ0n) is 27.4. The lowest BCUT2D eigenvalue weighted by molar-refractivity contribution is -0.140. The predicted octanol–water partition coefficient (Wildman–Crippen LogP) is 7.45. The van der Waals surface area contributed by atoms with E-state index in [-0.39, 0.29) is 23.8 Å². The maximum Gasteiger partial charge on any atom is 0.264 e. The number of benzene rings is 4. The second-order valence-corrected chi connectivity index (χ2v) is 14.1. The van der Waals surface area contributed by atoms with Crippen molar-refractivity contribution >= 4 is 50.7 Å². The summed E-state index contributed by atoms with van der Waals surface area (Å²) in [6.07, 6.45) is 1.84. The summed E-state index contributed by atoms with van der Waals surface area (Å²) < 4.78 is 35.1. The third-order valence-corrected chi connectivity index (χ3v) is 10.2. The highest BCUT2D eigenvalue weighted by Crippen LogP contribution is 2.28. The summed E-state index contributed by atoms with van der Waals surface area (Å²) in [5, 5.41) is 3.73. The molecule has 4 aromatic carbocycles. The zero-order chi connectivity index (χ0) is 34.7. The smallest absolute Gasteiger partial charge is 0.264 e. The SMILES string of the molecule is CCCCNC(=O)[C@@H](Cc1ccccc1)N(Cc1ccc(Cl)cc1Cl)C(=O)CN(c1ccc(C)cc1)S(=O)(=O)c1ccc(OCC)cc1. The van der Waals surface area contributed by atoms with Crippen LogP contribution in [0.15, 0.2) is 102 Å². The highest BCUT2D eigenvalue weighted by molar-refractivity contribution is 7.92. The molecule has 48 heavy (non-hydrogen) atoms. The van der Waals surface area contributed by atoms with Crippen molar-refractivity contribution in [1.29, 1.82) is 0 Å². The molecule has 0 aromatic heterocycles. The number of sulfonamides is 1. The molecule has 0 fully saturated rings. The molecule has 0 bridgehead atoms. The molecule has 0 aliphatic heterocycles. The molecule has 1 N–H and O–H groups in total. The third kappa shape index (κ3) is 9.75. The van der Waals surface area contributed by atoms with Gasteiger partial charge >= 0.3 is 0 Å². The molecule has 2 amide bonds. The Kier molecular flexibility index (Phi) is 13.3. The van der Waals surface area contributed by atoms with E-state index in [0.717, 1.165) is 28.3 Å². The molecular weight excluding hydrogens is 669 g/mol. The highest BCUT2D eigenvalue weighted by atomic mass is 35.5. The molecule has 254 valence electrons. The fourth-order valence-electron chi connectivity index (χ4n) is 5.14. The van der Waals surface area contributed by atoms with Crippen molar-refractivity contribution in [3.63, 3.8) is 0 Å². The van der Waals surface area contributed by atoms with Crippen molar-refractivity contribution in [2.45, 2.75) is 57.5 Å². The largest absolute Gasteiger partial charge is 0.494 e. The number of hydrogen-bond donors (Lipinski definition) is 1. The Balaban J connectivity index is 1.80. The molecule has 4 rings (SSSR count). The first kappa shape index (κ1) is 36.8. The fraction of sp³-hybridized carbons (Fsp3) is 0.297. The Bertz CT molecular complexity index is 1770. The Morgan fingerprint density at radius 1 is 0.896 bits per heavy atom. The van der Waals surface area contributed by atoms with Crippen LogP contribution in [0.5, 0.6) is 5.75 Å². The summed E-state index contributed by atoms with van der Waals surface area (Å²) in [6.45, 7) is 5.99. The lowest BCUT2D eigenvalue weighted by Gasteiger charge is -2.34. The Morgan fingerprint density at radius 3 is 2.21 bits per heavy atom. The number of aryl methyl sites for hydroxylation is 1. The van der Waals surface area contributed by atoms with Gasteiger partial charge in [-0.15, -0.1) is 0 Å². The van der Waals surface area contributed by atoms with E-state index in [0.29, 0.717) is 40.2 Å². The minimum Gasteiger partial charge on any atom is -0.494 e. The molecule has 0 unspecified atom stereocenters. The van der Waals surface area contributed by atoms with Crippen LogP contribution in [0.3, 0.4) is 0 Å². The number of anilines is 1. The van der Waals surface area contributed by atoms with Gasteiger partial charge in [-0.25, -0.2) is 8.42 Å². The van der Waals surface area contributed by atoms with Crippen LogP contribution in [-0.2, 0) is 32.6 Å². The van der Waals surface area contributed by atoms with Gasteiger partial charge in [-0.2, -0.15) is 0 Å². The van der Waals surface area contributed by atoms with Gasteiger partial charge in [0.25, 0.3) is 10.0 Å². The van der Waals surface area contributed by atoms with Crippen LogP contribution >= 0.6 is 23.2 Å². The molecule has 0 spiro atoms. The van der Waals surface area contributed by atoms with Gasteiger partial charge in [0.1, 0.15) is 18.3 Å². The number of ether oxygens (including phenoxy) is 1. The Hall–Kier alpha value is -4.05. The second kappa shape index (κ2) is 17.4. The number of carbonyl (C=O) groups is 2. The first-order valence-corrected chi connectivity index (χ1v) is 18.1. The standard InChI is InChI=1S/C37H41Cl2N3O5S/c1-4-6-22-40-37(44)35(23-28-10-8-7-9-11-28)41(25-29-14-15-30(38)24-34(29)39)36(43)26-42(31-16-12-27(3)13-17-31)48(45,46)33-20-18-32(19-21-33)47-5-2/h7-21,24,35H,4-6,22-23,25-26H2,1-3H3,(H,40,44)/t35-/m1/s1. The molecule has 0 aliphatic rings. The van der Waals surface area contributed by atoms with Crippen molar-refractivity contribution in [1.82, 2.24) is 10.2 Å². The number of halogens is 2. The molecule has 0 saturated carbocycles. The first-order valence-electron chi connectivity index (χ1n) is 15.9. The summed E-state index contributed by atoms with van der Waals surface area (Å²) in [4.78, 5) is 29.9. The third-order valence-electron chi connectivity index (χ3n) is 7.78. The van der Waals surface area contributed by atoms with Crippen LogP contribution in [-0.4, -0.2) is 50.9 Å². The van der Waals surface area contributed by atoms with E-state index in [1.54, 1.807) is 54.6 Å². The van der Waals surface area contributed by atoms with Crippen LogP contribution in [0, 0.1) is 6.92 Å². The van der Waals surface area contributed by atoms with Gasteiger partial charge in [0.05, 0.1) is 17.2 Å². The topological polar surface area (TPSA) is 96.0 Å². The number of nitrogens with zero attached hydrogens (tertiary/aromatic N) is 2. The summed E-state index contributed by atoms with van der Waals surface area (Å²) >= 11 is 12.8. The minimum absolute atomic E-state index is 0.00947. The normalized spacial score (nSPS) is 11.9. The number of rotatable bonds is 16. The Morgan fingerprint density at radius 2 is 1.58 bits per heavy atom. The van der Waals surface area contributed by atoms with Gasteiger partial charge in [-0.05, 0) is 79.9 Å². The van der Waals surface area contributed by atoms with Crippen molar-refractivity contribution in [3.05, 3.63) is 124 Å². The molecule has 0 radical (unpaired) electrons. The molecule has 0 aliphatic carbocycles. The minimum atomic E-state index is -4.25. The number of unbranched alkanes of at least 4 members (excludes halogenated alkanes) is 1. The van der Waals surface area contributed by atoms with Gasteiger partial charge in [-0.3, -0.25) is 13.9 Å². The lowest BCUT2D eigenvalue weighted by atomic mass is 10.0. The van der Waals surface area contributed by atoms with E-state index in [4.69, 9.17) is 27.9 Å². The number of hydrogen-bond acceptors (Lipinski definition) is 5. The zero-order valence-corrected chi connectivity index (χ0v) is 29.7. The van der Waals surface area contributed by atoms with Crippen LogP contribution in [0.2, 0.25) is 10.0 Å². The van der Waals surface area contributed by atoms with Crippen LogP contribution < -0.4 is 14.4 Å². The lowest BCUT2D eigenvalue weighted by Crippen LogP contribution is -2.53. The van der Waals surface area contributed by atoms with Crippen molar-refractivity contribution in [2.24, 2.45) is 0 Å². The monoisotopic (exact) mass is 709 g/mol. The molecule has 0 heterocycles. The second-order valence-electron chi connectivity index (χ2n) is 11.4. The molecular formula is C37H41Cl2N3O5S. The molecule has 4 aromatic rings. The summed E-state index contributed by atoms with van der Waals surface area (Å²) in [5.41, 5.74) is 2.63. The summed E-state index contributed by atoms with van der Waals surface area (Å²) in [5.74, 6) is -0.400. The van der Waals surface area contributed by atoms with Gasteiger partial charge in [0, 0.05) is 29.6 Å². The van der Waals surface area contributed by atoms with Gasteiger partial charge in [-0.1, -0.05) is 90.6 Å². The van der Waals surface area contributed by atoms with Gasteiger partial charge in [0.2, 0.25) is 11.8 Å². The number of nitrogens with one attached hydrogen (secondary N) is 1. The average molecular weight is 711 g/mol. The summed E-state index contributed by atoms with van der Waals surface area (Å²) in [7, 11) is -4.25. The van der Waals surface area contributed by atoms with Crippen molar-refractivity contribution in [3.8, 4) is 5.75 Å². The first-order chi connectivity index (χ1) is 23.0. The van der Waals surface area contributed by atoms with E-state index in [9.17, 15) is 18.0 Å². The van der Waals surface area contributed by atoms with E-state index in [1.807, 2.05) is 51.1 Å². The van der Waals surface area contributed by atoms with Crippen molar-refractivity contribution in [2.75, 3.05) is 24.0 Å². The van der Waals surface area contributed by atoms with E-state index in [2.05, 4.69) is 5.32 Å². The maximum atomic E-state index is 14.6. The predicted molar refractivity (Wildman–Crippen MR) is 192 cm³/mol. The van der Waals surface area contributed by atoms with Crippen molar-refractivity contribution < 1.29 is 22.7 Å². The fourth-order valence-corrected chi connectivity index (χ4v) is 7.02. The molecule has 1 atom stereocenters. The van der Waals surface area contributed by atoms with E-state index in [1.165, 1.54) is 17.0 Å². The average Bonchev–Trinajstić information content (AvgIpc) is 3.07. The highest BCUT2D eigenvalue weighted by Gasteiger charge is 2.35. The summed E-state index contributed by atoms with van der Waals surface area (Å²) in [6, 6.07) is 26.3. The maximum absolute atomic E-state index is 14.6. The van der Waals surface area contributed by atoms with Gasteiger partial charge < -0.3 is 15.0 Å². The van der Waals surface area contributed by atoms with Crippen LogP contribution in [0.25, 0.3) is 0 Å². The molecule has 0 saturated heterocycles. The number of carbonyl (C=O) groups excluding carboxylic acids is 2. The van der Waals surface area contributed by atoms with Gasteiger partial charge in [0.15, 0.2) is 0 Å². The van der Waals surface area contributed by atoms with Crippen LogP contribution in [0.4, 0.5) is 5.69 Å². The molecule has 11 heteroatoms. The van der Waals surface area contributed by atoms with E-state index < -0.39 is 28.5 Å². The van der Waals surface area contributed by atoms with Crippen LogP contribution in [0.1, 0.15) is 43.4 Å².